The molecule has 1 aliphatic rings. The van der Waals surface area contributed by atoms with Crippen molar-refractivity contribution in [3.63, 3.8) is 0 Å². The van der Waals surface area contributed by atoms with E-state index >= 15 is 0 Å². The number of sulfonamides is 1. The number of hydrogen-bond donors (Lipinski definition) is 1. The number of rotatable bonds is 5. The number of nitrogens with zero attached hydrogens (tertiary/aromatic N) is 1. The quantitative estimate of drug-likeness (QED) is 0.774. The maximum atomic E-state index is 12.6. The van der Waals surface area contributed by atoms with Crippen molar-refractivity contribution in [3.05, 3.63) is 65.2 Å². The Hall–Kier alpha value is -2.19. The minimum atomic E-state index is -3.52. The zero-order chi connectivity index (χ0) is 19.3. The van der Waals surface area contributed by atoms with Crippen molar-refractivity contribution >= 4 is 39.3 Å². The third-order valence-electron chi connectivity index (χ3n) is 4.03. The first-order valence-corrected chi connectivity index (χ1v) is 10.2. The largest absolute Gasteiger partial charge is 0.379 e. The average molecular weight is 407 g/mol. The summed E-state index contributed by atoms with van der Waals surface area (Å²) in [6.07, 6.45) is 3.01. The molecule has 1 amide bonds. The summed E-state index contributed by atoms with van der Waals surface area (Å²) in [5.74, 6) is -0.290. The molecule has 1 fully saturated rings. The van der Waals surface area contributed by atoms with E-state index in [0.29, 0.717) is 37.0 Å². The summed E-state index contributed by atoms with van der Waals surface area (Å²) >= 11 is 5.81. The van der Waals surface area contributed by atoms with Crippen molar-refractivity contribution < 1.29 is 17.9 Å². The molecule has 1 saturated heterocycles. The Kier molecular flexibility index (Phi) is 6.28. The summed E-state index contributed by atoms with van der Waals surface area (Å²) in [7, 11) is -3.52. The fraction of sp³-hybridized carbons (Fsp3) is 0.211. The van der Waals surface area contributed by atoms with Crippen molar-refractivity contribution in [1.29, 1.82) is 0 Å². The molecule has 142 valence electrons. The summed E-state index contributed by atoms with van der Waals surface area (Å²) in [6.45, 7) is 1.52. The smallest absolute Gasteiger partial charge is 0.248 e. The number of carbonyl (C=O) groups is 1. The van der Waals surface area contributed by atoms with E-state index < -0.39 is 10.0 Å². The van der Waals surface area contributed by atoms with Crippen molar-refractivity contribution in [3.8, 4) is 0 Å². The molecule has 0 atom stereocenters. The Morgan fingerprint density at radius 1 is 1.04 bits per heavy atom. The molecular formula is C19H19ClN2O4S. The van der Waals surface area contributed by atoms with Gasteiger partial charge in [0, 0.05) is 29.9 Å². The van der Waals surface area contributed by atoms with Crippen molar-refractivity contribution in [2.75, 3.05) is 31.6 Å². The van der Waals surface area contributed by atoms with Gasteiger partial charge in [-0.3, -0.25) is 4.79 Å². The number of carbonyl (C=O) groups excluding carboxylic acids is 1. The number of anilines is 1. The van der Waals surface area contributed by atoms with Gasteiger partial charge in [0.2, 0.25) is 15.9 Å². The normalized spacial score (nSPS) is 15.7. The number of halogens is 1. The summed E-state index contributed by atoms with van der Waals surface area (Å²) in [4.78, 5) is 12.2. The molecule has 1 aliphatic heterocycles. The lowest BCUT2D eigenvalue weighted by Gasteiger charge is -2.26. The van der Waals surface area contributed by atoms with Gasteiger partial charge >= 0.3 is 0 Å². The van der Waals surface area contributed by atoms with Crippen LogP contribution in [0.5, 0.6) is 0 Å². The second-order valence-corrected chi connectivity index (χ2v) is 8.29. The van der Waals surface area contributed by atoms with Crippen LogP contribution < -0.4 is 5.32 Å². The summed E-state index contributed by atoms with van der Waals surface area (Å²) in [6, 6.07) is 13.2. The molecule has 2 aromatic rings. The molecular weight excluding hydrogens is 388 g/mol. The van der Waals surface area contributed by atoms with Gasteiger partial charge in [-0.25, -0.2) is 8.42 Å². The molecule has 0 aliphatic carbocycles. The molecule has 0 bridgehead atoms. The van der Waals surface area contributed by atoms with Gasteiger partial charge in [-0.15, -0.1) is 0 Å². The SMILES string of the molecule is O=C(C=Cc1ccc(S(=O)(=O)N2CCOCC2)cc1)Nc1ccc(Cl)cc1. The summed E-state index contributed by atoms with van der Waals surface area (Å²) < 4.78 is 31.8. The molecule has 3 rings (SSSR count). The molecule has 0 spiro atoms. The minimum absolute atomic E-state index is 0.229. The molecule has 6 nitrogen and oxygen atoms in total. The van der Waals surface area contributed by atoms with E-state index in [-0.39, 0.29) is 10.8 Å². The van der Waals surface area contributed by atoms with E-state index in [1.54, 1.807) is 54.6 Å². The molecule has 8 heteroatoms. The fourth-order valence-electron chi connectivity index (χ4n) is 2.58. The standard InChI is InChI=1S/C19H19ClN2O4S/c20-16-4-6-17(7-5-16)21-19(23)10-3-15-1-8-18(9-2-15)27(24,25)22-11-13-26-14-12-22/h1-10H,11-14H2,(H,21,23). The highest BCUT2D eigenvalue weighted by molar-refractivity contribution is 7.89. The Bertz CT molecular complexity index is 919. The van der Waals surface area contributed by atoms with Crippen LogP contribution in [0.4, 0.5) is 5.69 Å². The minimum Gasteiger partial charge on any atom is -0.379 e. The van der Waals surface area contributed by atoms with E-state index in [9.17, 15) is 13.2 Å². The van der Waals surface area contributed by atoms with Gasteiger partial charge in [0.15, 0.2) is 0 Å². The van der Waals surface area contributed by atoms with Gasteiger partial charge in [0.05, 0.1) is 18.1 Å². The Morgan fingerprint density at radius 3 is 2.30 bits per heavy atom. The van der Waals surface area contributed by atoms with E-state index in [1.165, 1.54) is 10.4 Å². The van der Waals surface area contributed by atoms with Crippen LogP contribution in [0.15, 0.2) is 59.5 Å². The van der Waals surface area contributed by atoms with Crippen LogP contribution >= 0.6 is 11.6 Å². The van der Waals surface area contributed by atoms with Crippen LogP contribution in [-0.2, 0) is 19.6 Å². The van der Waals surface area contributed by atoms with Crippen LogP contribution in [0.2, 0.25) is 5.02 Å². The highest BCUT2D eigenvalue weighted by atomic mass is 35.5. The van der Waals surface area contributed by atoms with Crippen LogP contribution in [0.3, 0.4) is 0 Å². The van der Waals surface area contributed by atoms with Crippen LogP contribution in [-0.4, -0.2) is 44.9 Å². The number of benzene rings is 2. The van der Waals surface area contributed by atoms with E-state index in [0.717, 1.165) is 5.56 Å². The second kappa shape index (κ2) is 8.67. The third-order valence-corrected chi connectivity index (χ3v) is 6.19. The van der Waals surface area contributed by atoms with Crippen molar-refractivity contribution in [2.45, 2.75) is 4.90 Å². The van der Waals surface area contributed by atoms with Gasteiger partial charge in [-0.1, -0.05) is 23.7 Å². The van der Waals surface area contributed by atoms with Crippen LogP contribution in [0.1, 0.15) is 5.56 Å². The van der Waals surface area contributed by atoms with E-state index in [2.05, 4.69) is 5.32 Å². The number of ether oxygens (including phenoxy) is 1. The lowest BCUT2D eigenvalue weighted by molar-refractivity contribution is -0.111. The van der Waals surface area contributed by atoms with Crippen molar-refractivity contribution in [1.82, 2.24) is 4.31 Å². The van der Waals surface area contributed by atoms with E-state index in [1.807, 2.05) is 0 Å². The van der Waals surface area contributed by atoms with Gasteiger partial charge in [-0.2, -0.15) is 4.31 Å². The zero-order valence-electron chi connectivity index (χ0n) is 14.5. The highest BCUT2D eigenvalue weighted by Gasteiger charge is 2.25. The number of amides is 1. The Labute approximate surface area is 163 Å². The maximum Gasteiger partial charge on any atom is 0.248 e. The Morgan fingerprint density at radius 2 is 1.67 bits per heavy atom. The predicted molar refractivity (Wildman–Crippen MR) is 105 cm³/mol. The second-order valence-electron chi connectivity index (χ2n) is 5.91. The fourth-order valence-corrected chi connectivity index (χ4v) is 4.11. The maximum absolute atomic E-state index is 12.6. The van der Waals surface area contributed by atoms with Crippen molar-refractivity contribution in [2.24, 2.45) is 0 Å². The van der Waals surface area contributed by atoms with Crippen LogP contribution in [0, 0.1) is 0 Å². The molecule has 2 aromatic carbocycles. The third kappa shape index (κ3) is 5.17. The first-order chi connectivity index (χ1) is 12.9. The molecule has 1 N–H and O–H groups in total. The molecule has 0 radical (unpaired) electrons. The average Bonchev–Trinajstić information content (AvgIpc) is 2.69. The number of nitrogens with one attached hydrogen (secondary N) is 1. The first-order valence-electron chi connectivity index (χ1n) is 8.38. The monoisotopic (exact) mass is 406 g/mol. The molecule has 0 unspecified atom stereocenters. The topological polar surface area (TPSA) is 75.7 Å². The highest BCUT2D eigenvalue weighted by Crippen LogP contribution is 2.18. The molecule has 27 heavy (non-hydrogen) atoms. The predicted octanol–water partition coefficient (Wildman–Crippen LogP) is 3.01. The molecule has 0 saturated carbocycles. The van der Waals surface area contributed by atoms with Gasteiger partial charge in [0.25, 0.3) is 0 Å². The lowest BCUT2D eigenvalue weighted by atomic mass is 10.2. The first kappa shape index (κ1) is 19.6. The molecule has 1 heterocycles. The van der Waals surface area contributed by atoms with Gasteiger partial charge < -0.3 is 10.1 Å². The van der Waals surface area contributed by atoms with Gasteiger partial charge in [-0.05, 0) is 48.0 Å². The lowest BCUT2D eigenvalue weighted by Crippen LogP contribution is -2.40. The van der Waals surface area contributed by atoms with Gasteiger partial charge in [0.1, 0.15) is 0 Å². The number of morpholine rings is 1. The zero-order valence-corrected chi connectivity index (χ0v) is 16.0. The number of hydrogen-bond acceptors (Lipinski definition) is 4. The summed E-state index contributed by atoms with van der Waals surface area (Å²) in [5.41, 5.74) is 1.36. The summed E-state index contributed by atoms with van der Waals surface area (Å²) in [5, 5.41) is 3.31. The van der Waals surface area contributed by atoms with E-state index in [4.69, 9.17) is 16.3 Å². The van der Waals surface area contributed by atoms with Crippen LogP contribution in [0.25, 0.3) is 6.08 Å². The Balaban J connectivity index is 1.63. The molecule has 0 aromatic heterocycles.